The fraction of sp³-hybridized carbons (Fsp3) is 0.375. The van der Waals surface area contributed by atoms with E-state index in [0.29, 0.717) is 0 Å². The van der Waals surface area contributed by atoms with Crippen molar-refractivity contribution in [3.63, 3.8) is 0 Å². The molecule has 0 amide bonds. The van der Waals surface area contributed by atoms with Gasteiger partial charge in [-0.15, -0.1) is 0 Å². The van der Waals surface area contributed by atoms with Gasteiger partial charge < -0.3 is 4.74 Å². The molecule has 1 aromatic heterocycles. The Labute approximate surface area is 96.2 Å². The monoisotopic (exact) mass is 274 g/mol. The molecule has 1 heterocycles. The van der Waals surface area contributed by atoms with Crippen LogP contribution in [-0.2, 0) is 17.2 Å². The average molecular weight is 274 g/mol. The highest BCUT2D eigenvalue weighted by molar-refractivity contribution is 7.86. The summed E-state index contributed by atoms with van der Waals surface area (Å²) in [6.45, 7) is 0. The molecule has 9 heteroatoms. The number of alkyl halides is 3. The third-order valence-electron chi connectivity index (χ3n) is 1.48. The molecule has 0 aliphatic rings. The van der Waals surface area contributed by atoms with Crippen LogP contribution in [0, 0.1) is 0 Å². The third kappa shape index (κ3) is 6.07. The van der Waals surface area contributed by atoms with Gasteiger partial charge in [0.25, 0.3) is 0 Å². The second kappa shape index (κ2) is 5.82. The molecule has 0 radical (unpaired) electrons. The van der Waals surface area contributed by atoms with Gasteiger partial charge in [0.05, 0.1) is 7.11 Å². The number of aryl methyl sites for hydroxylation is 1. The van der Waals surface area contributed by atoms with E-state index in [2.05, 4.69) is 0 Å². The fourth-order valence-electron chi connectivity index (χ4n) is 0.623. The van der Waals surface area contributed by atoms with Gasteiger partial charge in [-0.05, 0) is 0 Å². The first kappa shape index (κ1) is 15.7. The molecule has 0 aliphatic carbocycles. The average Bonchev–Trinajstić information content (AvgIpc) is 2.17. The highest BCUT2D eigenvalue weighted by Crippen LogP contribution is 2.20. The Morgan fingerprint density at radius 3 is 1.88 bits per heavy atom. The number of aromatic nitrogens is 1. The Morgan fingerprint density at radius 1 is 1.29 bits per heavy atom. The largest absolute Gasteiger partial charge is 0.522 e. The zero-order valence-corrected chi connectivity index (χ0v) is 9.79. The number of nitrogens with zero attached hydrogens (tertiary/aromatic N) is 1. The van der Waals surface area contributed by atoms with E-state index >= 15 is 0 Å². The molecule has 0 aromatic carbocycles. The van der Waals surface area contributed by atoms with Crippen LogP contribution in [-0.4, -0.2) is 25.6 Å². The highest BCUT2D eigenvalue weighted by Gasteiger charge is 2.44. The standard InChI is InChI=1S/C7H10NO.CHF3O3S/c1-8-5-3-7(9-2)4-6-8;2-1(3,4)8(5,6)7/h3-6H,1-2H3;(H,5,6,7)/q+1;. The van der Waals surface area contributed by atoms with E-state index in [4.69, 9.17) is 17.7 Å². The van der Waals surface area contributed by atoms with E-state index in [1.54, 1.807) is 7.11 Å². The van der Waals surface area contributed by atoms with Gasteiger partial charge in [-0.2, -0.15) is 21.6 Å². The van der Waals surface area contributed by atoms with E-state index < -0.39 is 15.6 Å². The Hall–Kier alpha value is -1.35. The van der Waals surface area contributed by atoms with E-state index in [0.717, 1.165) is 5.75 Å². The lowest BCUT2D eigenvalue weighted by Crippen LogP contribution is -2.25. The molecule has 0 unspecified atom stereocenters. The predicted octanol–water partition coefficient (Wildman–Crippen LogP) is 0.914. The van der Waals surface area contributed by atoms with Gasteiger partial charge in [0.1, 0.15) is 12.8 Å². The van der Waals surface area contributed by atoms with Gasteiger partial charge in [0.15, 0.2) is 12.4 Å². The summed E-state index contributed by atoms with van der Waals surface area (Å²) in [7, 11) is -2.21. The first-order chi connectivity index (χ1) is 7.58. The lowest BCUT2D eigenvalue weighted by Gasteiger charge is -1.97. The number of ether oxygens (including phenoxy) is 1. The minimum Gasteiger partial charge on any atom is -0.496 e. The van der Waals surface area contributed by atoms with Crippen molar-refractivity contribution in [3.8, 4) is 5.75 Å². The van der Waals surface area contributed by atoms with E-state index in [-0.39, 0.29) is 0 Å². The topological polar surface area (TPSA) is 67.5 Å². The summed E-state index contributed by atoms with van der Waals surface area (Å²) in [4.78, 5) is 0. The normalized spacial score (nSPS) is 11.4. The highest BCUT2D eigenvalue weighted by atomic mass is 32.2. The Kier molecular flexibility index (Phi) is 5.36. The molecule has 0 aliphatic heterocycles. The molecule has 98 valence electrons. The zero-order valence-electron chi connectivity index (χ0n) is 8.97. The van der Waals surface area contributed by atoms with Crippen molar-refractivity contribution < 1.29 is 35.4 Å². The lowest BCUT2D eigenvalue weighted by atomic mass is 10.4. The van der Waals surface area contributed by atoms with Crippen molar-refractivity contribution in [1.29, 1.82) is 0 Å². The summed E-state index contributed by atoms with van der Waals surface area (Å²) in [5.41, 5.74) is -5.53. The van der Waals surface area contributed by atoms with Crippen LogP contribution in [0.5, 0.6) is 5.75 Å². The van der Waals surface area contributed by atoms with Crippen molar-refractivity contribution in [2.45, 2.75) is 5.51 Å². The van der Waals surface area contributed by atoms with Gasteiger partial charge in [-0.1, -0.05) is 0 Å². The molecule has 1 N–H and O–H groups in total. The molecular formula is C8H11F3NO4S+. The van der Waals surface area contributed by atoms with Crippen LogP contribution in [0.4, 0.5) is 13.2 Å². The van der Waals surface area contributed by atoms with Gasteiger partial charge >= 0.3 is 15.6 Å². The molecule has 0 saturated carbocycles. The molecule has 0 spiro atoms. The van der Waals surface area contributed by atoms with Gasteiger partial charge in [-0.3, -0.25) is 4.55 Å². The van der Waals surface area contributed by atoms with Crippen molar-refractivity contribution in [1.82, 2.24) is 0 Å². The van der Waals surface area contributed by atoms with Crippen LogP contribution in [0.2, 0.25) is 0 Å². The maximum absolute atomic E-state index is 10.7. The molecule has 0 fully saturated rings. The van der Waals surface area contributed by atoms with Crippen molar-refractivity contribution >= 4 is 10.1 Å². The van der Waals surface area contributed by atoms with Crippen LogP contribution in [0.3, 0.4) is 0 Å². The quantitative estimate of drug-likeness (QED) is 0.469. The van der Waals surface area contributed by atoms with Crippen LogP contribution in [0.15, 0.2) is 24.5 Å². The molecule has 1 rings (SSSR count). The molecule has 17 heavy (non-hydrogen) atoms. The van der Waals surface area contributed by atoms with Crippen LogP contribution in [0.1, 0.15) is 0 Å². The van der Waals surface area contributed by atoms with E-state index in [1.807, 2.05) is 36.1 Å². The Bertz CT molecular complexity index is 441. The number of halogens is 3. The number of rotatable bonds is 1. The maximum Gasteiger partial charge on any atom is 0.522 e. The maximum atomic E-state index is 10.7. The molecule has 1 aromatic rings. The fourth-order valence-corrected chi connectivity index (χ4v) is 0.623. The molecule has 5 nitrogen and oxygen atoms in total. The van der Waals surface area contributed by atoms with Crippen molar-refractivity contribution in [3.05, 3.63) is 24.5 Å². The van der Waals surface area contributed by atoms with Crippen LogP contribution in [0.25, 0.3) is 0 Å². The summed E-state index contributed by atoms with van der Waals surface area (Å²) in [5, 5.41) is 0. The number of hydrogen-bond donors (Lipinski definition) is 1. The molecule has 0 bridgehead atoms. The second-order valence-electron chi connectivity index (χ2n) is 2.82. The summed E-state index contributed by atoms with van der Waals surface area (Å²) in [6, 6.07) is 3.83. The summed E-state index contributed by atoms with van der Waals surface area (Å²) in [6.07, 6.45) is 3.89. The first-order valence-electron chi connectivity index (χ1n) is 4.11. The Balaban J connectivity index is 0.000000304. The third-order valence-corrected chi connectivity index (χ3v) is 2.06. The molecular weight excluding hydrogens is 263 g/mol. The van der Waals surface area contributed by atoms with Crippen LogP contribution >= 0.6 is 0 Å². The van der Waals surface area contributed by atoms with Crippen LogP contribution < -0.4 is 9.30 Å². The van der Waals surface area contributed by atoms with Gasteiger partial charge in [0, 0.05) is 12.1 Å². The van der Waals surface area contributed by atoms with Gasteiger partial charge in [0.2, 0.25) is 0 Å². The number of methoxy groups -OCH3 is 1. The smallest absolute Gasteiger partial charge is 0.496 e. The zero-order chi connectivity index (χ0) is 13.7. The molecule has 0 saturated heterocycles. The summed E-state index contributed by atoms with van der Waals surface area (Å²) in [5.74, 6) is 0.896. The van der Waals surface area contributed by atoms with Crippen molar-refractivity contribution in [2.24, 2.45) is 7.05 Å². The molecule has 0 atom stereocenters. The second-order valence-corrected chi connectivity index (χ2v) is 4.24. The first-order valence-corrected chi connectivity index (χ1v) is 5.55. The summed E-state index contributed by atoms with van der Waals surface area (Å²) >= 11 is 0. The van der Waals surface area contributed by atoms with Crippen molar-refractivity contribution in [2.75, 3.05) is 7.11 Å². The Morgan fingerprint density at radius 2 is 1.65 bits per heavy atom. The van der Waals surface area contributed by atoms with E-state index in [1.165, 1.54) is 0 Å². The number of hydrogen-bond acceptors (Lipinski definition) is 3. The predicted molar refractivity (Wildman–Crippen MR) is 51.8 cm³/mol. The minimum absolute atomic E-state index is 0.896. The number of pyridine rings is 1. The minimum atomic E-state index is -5.84. The van der Waals surface area contributed by atoms with E-state index in [9.17, 15) is 13.2 Å². The lowest BCUT2D eigenvalue weighted by molar-refractivity contribution is -0.671. The van der Waals surface area contributed by atoms with Gasteiger partial charge in [-0.25, -0.2) is 4.57 Å². The summed E-state index contributed by atoms with van der Waals surface area (Å²) < 4.78 is 64.5. The SMILES string of the molecule is COc1cc[n+](C)cc1.O=S(=O)(O)C(F)(F)F.